The lowest BCUT2D eigenvalue weighted by molar-refractivity contribution is 0.376. The van der Waals surface area contributed by atoms with E-state index in [1.165, 1.54) is 13.2 Å². The van der Waals surface area contributed by atoms with Crippen LogP contribution >= 0.6 is 0 Å². The largest absolute Gasteiger partial charge is 0.363 e. The van der Waals surface area contributed by atoms with Crippen LogP contribution in [0.25, 0.3) is 10.9 Å². The Kier molecular flexibility index (Phi) is 1.57. The van der Waals surface area contributed by atoms with Crippen molar-refractivity contribution in [2.24, 2.45) is 0 Å². The van der Waals surface area contributed by atoms with Gasteiger partial charge in [-0.15, -0.1) is 0 Å². The molecule has 1 aromatic carbocycles. The summed E-state index contributed by atoms with van der Waals surface area (Å²) in [6, 6.07) is 5.31. The van der Waals surface area contributed by atoms with E-state index in [0.29, 0.717) is 11.1 Å². The Morgan fingerprint density at radius 2 is 2.33 bits per heavy atom. The van der Waals surface area contributed by atoms with Gasteiger partial charge in [-0.05, 0) is 18.6 Å². The van der Waals surface area contributed by atoms with Crippen LogP contribution in [0.3, 0.4) is 0 Å². The number of hydrogen-bond donors (Lipinski definition) is 0. The van der Waals surface area contributed by atoms with E-state index in [1.807, 2.05) is 0 Å². The number of halogens is 1. The zero-order chi connectivity index (χ0) is 8.55. The van der Waals surface area contributed by atoms with Gasteiger partial charge in [0, 0.05) is 5.39 Å². The molecule has 0 amide bonds. The summed E-state index contributed by atoms with van der Waals surface area (Å²) in [5, 5.41) is 4.48. The van der Waals surface area contributed by atoms with Crippen molar-refractivity contribution in [2.75, 3.05) is 0 Å². The fourth-order valence-corrected chi connectivity index (χ4v) is 1.26. The third kappa shape index (κ3) is 0.978. The maximum absolute atomic E-state index is 13.0. The van der Waals surface area contributed by atoms with Gasteiger partial charge in [-0.2, -0.15) is 0 Å². The van der Waals surface area contributed by atoms with E-state index in [4.69, 9.17) is 4.52 Å². The molecule has 2 nitrogen and oxygen atoms in total. The molecule has 3 heteroatoms. The van der Waals surface area contributed by atoms with E-state index >= 15 is 0 Å². The summed E-state index contributed by atoms with van der Waals surface area (Å²) in [6.07, 6.45) is 0.494. The number of nitrogens with zero attached hydrogens (tertiary/aromatic N) is 1. The van der Waals surface area contributed by atoms with Crippen LogP contribution in [0.2, 0.25) is 0 Å². The van der Waals surface area contributed by atoms with E-state index in [-0.39, 0.29) is 0 Å². The number of fused-ring (bicyclic) bond motifs is 1. The Labute approximate surface area is 69.0 Å². The molecule has 0 N–H and O–H groups in total. The SMILES string of the molecule is C[C@@H](F)c1cccc2nocc12. The highest BCUT2D eigenvalue weighted by Gasteiger charge is 2.09. The van der Waals surface area contributed by atoms with Gasteiger partial charge in [-0.3, -0.25) is 0 Å². The molecule has 0 aliphatic carbocycles. The van der Waals surface area contributed by atoms with Crippen LogP contribution in [0.15, 0.2) is 29.0 Å². The Hall–Kier alpha value is -1.38. The minimum absolute atomic E-state index is 0.633. The molecule has 0 spiro atoms. The minimum atomic E-state index is -0.979. The van der Waals surface area contributed by atoms with Gasteiger partial charge in [0.1, 0.15) is 18.0 Å². The van der Waals surface area contributed by atoms with Crippen molar-refractivity contribution in [1.82, 2.24) is 5.16 Å². The summed E-state index contributed by atoms with van der Waals surface area (Å²) in [7, 11) is 0. The van der Waals surface area contributed by atoms with Gasteiger partial charge >= 0.3 is 0 Å². The Morgan fingerprint density at radius 3 is 3.08 bits per heavy atom. The third-order valence-electron chi connectivity index (χ3n) is 1.87. The first-order valence-corrected chi connectivity index (χ1v) is 3.76. The molecule has 1 atom stereocenters. The molecule has 1 heterocycles. The van der Waals surface area contributed by atoms with E-state index in [0.717, 1.165) is 5.39 Å². The number of hydrogen-bond acceptors (Lipinski definition) is 2. The summed E-state index contributed by atoms with van der Waals surface area (Å²) in [5.41, 5.74) is 1.34. The Balaban J connectivity index is 2.73. The van der Waals surface area contributed by atoms with Crippen LogP contribution in [0.1, 0.15) is 18.7 Å². The zero-order valence-corrected chi connectivity index (χ0v) is 6.62. The predicted molar refractivity (Wildman–Crippen MR) is 43.5 cm³/mol. The molecule has 0 saturated carbocycles. The average Bonchev–Trinajstić information content (AvgIpc) is 2.49. The highest BCUT2D eigenvalue weighted by Crippen LogP contribution is 2.25. The summed E-state index contributed by atoms with van der Waals surface area (Å²) in [6.45, 7) is 1.50. The maximum atomic E-state index is 13.0. The molecule has 0 radical (unpaired) electrons. The molecule has 0 aliphatic rings. The molecule has 0 bridgehead atoms. The van der Waals surface area contributed by atoms with Crippen molar-refractivity contribution < 1.29 is 8.91 Å². The van der Waals surface area contributed by atoms with Crippen molar-refractivity contribution in [1.29, 1.82) is 0 Å². The molecular weight excluding hydrogens is 157 g/mol. The van der Waals surface area contributed by atoms with Gasteiger partial charge in [-0.1, -0.05) is 17.3 Å². The summed E-state index contributed by atoms with van der Waals surface area (Å²) in [4.78, 5) is 0. The van der Waals surface area contributed by atoms with E-state index in [2.05, 4.69) is 5.16 Å². The van der Waals surface area contributed by atoms with Crippen LogP contribution in [-0.4, -0.2) is 5.16 Å². The van der Waals surface area contributed by atoms with Crippen LogP contribution in [-0.2, 0) is 0 Å². The lowest BCUT2D eigenvalue weighted by atomic mass is 10.1. The van der Waals surface area contributed by atoms with Gasteiger partial charge in [-0.25, -0.2) is 4.39 Å². The predicted octanol–water partition coefficient (Wildman–Crippen LogP) is 2.86. The molecule has 0 aliphatic heterocycles. The van der Waals surface area contributed by atoms with Crippen LogP contribution in [0, 0.1) is 0 Å². The van der Waals surface area contributed by atoms with Gasteiger partial charge in [0.2, 0.25) is 0 Å². The second kappa shape index (κ2) is 2.59. The van der Waals surface area contributed by atoms with Crippen molar-refractivity contribution in [3.8, 4) is 0 Å². The maximum Gasteiger partial charge on any atom is 0.132 e. The zero-order valence-electron chi connectivity index (χ0n) is 6.62. The molecule has 2 rings (SSSR count). The van der Waals surface area contributed by atoms with Gasteiger partial charge in [0.05, 0.1) is 0 Å². The smallest absolute Gasteiger partial charge is 0.132 e. The monoisotopic (exact) mass is 165 g/mol. The van der Waals surface area contributed by atoms with Crippen LogP contribution < -0.4 is 0 Å². The first-order chi connectivity index (χ1) is 5.79. The average molecular weight is 165 g/mol. The Morgan fingerprint density at radius 1 is 1.50 bits per heavy atom. The summed E-state index contributed by atoms with van der Waals surface area (Å²) in [5.74, 6) is 0. The van der Waals surface area contributed by atoms with Crippen molar-refractivity contribution >= 4 is 10.9 Å². The summed E-state index contributed by atoms with van der Waals surface area (Å²) >= 11 is 0. The van der Waals surface area contributed by atoms with Crippen molar-refractivity contribution in [3.63, 3.8) is 0 Å². The first-order valence-electron chi connectivity index (χ1n) is 3.76. The van der Waals surface area contributed by atoms with Gasteiger partial charge in [0.15, 0.2) is 0 Å². The number of alkyl halides is 1. The standard InChI is InChI=1S/C9H8FNO/c1-6(10)7-3-2-4-9-8(7)5-12-11-9/h2-6H,1H3/t6-/m1/s1. The highest BCUT2D eigenvalue weighted by molar-refractivity contribution is 5.81. The fraction of sp³-hybridized carbons (Fsp3) is 0.222. The van der Waals surface area contributed by atoms with E-state index in [1.54, 1.807) is 18.2 Å². The molecule has 0 unspecified atom stereocenters. The molecular formula is C9H8FNO. The first kappa shape index (κ1) is 7.28. The van der Waals surface area contributed by atoms with Crippen LogP contribution in [0.4, 0.5) is 4.39 Å². The number of aromatic nitrogens is 1. The second-order valence-corrected chi connectivity index (χ2v) is 2.71. The van der Waals surface area contributed by atoms with E-state index < -0.39 is 6.17 Å². The fourth-order valence-electron chi connectivity index (χ4n) is 1.26. The molecule has 0 saturated heterocycles. The quantitative estimate of drug-likeness (QED) is 0.649. The van der Waals surface area contributed by atoms with Crippen molar-refractivity contribution in [3.05, 3.63) is 30.0 Å². The normalized spacial score (nSPS) is 13.5. The minimum Gasteiger partial charge on any atom is -0.363 e. The number of benzene rings is 1. The lowest BCUT2D eigenvalue weighted by Crippen LogP contribution is -1.85. The second-order valence-electron chi connectivity index (χ2n) is 2.71. The van der Waals surface area contributed by atoms with Gasteiger partial charge < -0.3 is 4.52 Å². The van der Waals surface area contributed by atoms with Gasteiger partial charge in [0.25, 0.3) is 0 Å². The molecule has 2 aromatic rings. The third-order valence-corrected chi connectivity index (χ3v) is 1.87. The summed E-state index contributed by atoms with van der Waals surface area (Å²) < 4.78 is 17.7. The van der Waals surface area contributed by atoms with Crippen molar-refractivity contribution in [2.45, 2.75) is 13.1 Å². The Bertz CT molecular complexity index is 394. The number of rotatable bonds is 1. The molecule has 0 fully saturated rings. The lowest BCUT2D eigenvalue weighted by Gasteiger charge is -2.00. The van der Waals surface area contributed by atoms with Crippen LogP contribution in [0.5, 0.6) is 0 Å². The molecule has 12 heavy (non-hydrogen) atoms. The topological polar surface area (TPSA) is 26.0 Å². The molecule has 1 aromatic heterocycles. The highest BCUT2D eigenvalue weighted by atomic mass is 19.1. The molecule has 62 valence electrons. The van der Waals surface area contributed by atoms with E-state index in [9.17, 15) is 4.39 Å².